The van der Waals surface area contributed by atoms with Gasteiger partial charge in [-0.25, -0.2) is 0 Å². The highest BCUT2D eigenvalue weighted by Crippen LogP contribution is 2.58. The maximum atomic E-state index is 12.9. The minimum absolute atomic E-state index is 0.0521. The van der Waals surface area contributed by atoms with Gasteiger partial charge in [-0.3, -0.25) is 9.36 Å². The molecule has 1 amide bonds. The summed E-state index contributed by atoms with van der Waals surface area (Å²) in [5.41, 5.74) is 0.146. The topological polar surface area (TPSA) is 64.6 Å². The van der Waals surface area contributed by atoms with E-state index in [-0.39, 0.29) is 23.8 Å². The van der Waals surface area contributed by atoms with Crippen molar-refractivity contribution in [1.82, 2.24) is 5.32 Å². The van der Waals surface area contributed by atoms with Crippen LogP contribution in [0.4, 0.5) is 0 Å². The molecule has 1 aromatic carbocycles. The summed E-state index contributed by atoms with van der Waals surface area (Å²) in [6, 6.07) is 6.30. The van der Waals surface area contributed by atoms with Gasteiger partial charge in [-0.05, 0) is 26.0 Å². The van der Waals surface area contributed by atoms with Crippen molar-refractivity contribution in [1.29, 1.82) is 0 Å². The molecule has 0 unspecified atom stereocenters. The Morgan fingerprint density at radius 2 is 1.74 bits per heavy atom. The lowest BCUT2D eigenvalue weighted by Gasteiger charge is -2.31. The Morgan fingerprint density at radius 1 is 1.22 bits per heavy atom. The third-order valence-corrected chi connectivity index (χ3v) is 6.46. The second-order valence-electron chi connectivity index (χ2n) is 4.27. The Bertz CT molecular complexity index is 584. The average Bonchev–Trinajstić information content (AvgIpc) is 2.44. The van der Waals surface area contributed by atoms with Gasteiger partial charge in [0.1, 0.15) is 0 Å². The van der Waals surface area contributed by atoms with Gasteiger partial charge in [-0.15, -0.1) is 0 Å². The maximum Gasteiger partial charge on any atom is 0.357 e. The van der Waals surface area contributed by atoms with E-state index in [0.29, 0.717) is 0 Å². The molecular formula is C13H16Cl4NO4P. The largest absolute Gasteiger partial charge is 0.357 e. The zero-order chi connectivity index (χ0) is 17.7. The third kappa shape index (κ3) is 5.79. The molecule has 0 aliphatic rings. The van der Waals surface area contributed by atoms with Crippen LogP contribution in [0.15, 0.2) is 24.3 Å². The molecule has 1 atom stereocenters. The summed E-state index contributed by atoms with van der Waals surface area (Å²) >= 11 is 23.6. The van der Waals surface area contributed by atoms with Crippen LogP contribution in [0.1, 0.15) is 24.2 Å². The second-order valence-corrected chi connectivity index (χ2v) is 9.16. The number of benzene rings is 1. The van der Waals surface area contributed by atoms with Crippen LogP contribution in [-0.4, -0.2) is 28.7 Å². The number of halogens is 4. The first-order chi connectivity index (χ1) is 10.7. The standard InChI is InChI=1S/C13H16Cl4NO4P/c1-3-21-23(20,22-4-2)12(13(15,16)17)18-11(19)9-7-5-6-8-10(9)14/h5-8,12H,3-4H2,1-2H3,(H,18,19)/t12-/m0/s1. The molecule has 0 radical (unpaired) electrons. The van der Waals surface area contributed by atoms with Gasteiger partial charge in [0.2, 0.25) is 3.79 Å². The molecule has 23 heavy (non-hydrogen) atoms. The van der Waals surface area contributed by atoms with Crippen molar-refractivity contribution in [2.75, 3.05) is 13.2 Å². The van der Waals surface area contributed by atoms with Crippen molar-refractivity contribution in [3.05, 3.63) is 34.9 Å². The lowest BCUT2D eigenvalue weighted by atomic mass is 10.2. The Morgan fingerprint density at radius 3 is 2.17 bits per heavy atom. The van der Waals surface area contributed by atoms with Crippen LogP contribution < -0.4 is 5.32 Å². The van der Waals surface area contributed by atoms with E-state index >= 15 is 0 Å². The molecule has 1 N–H and O–H groups in total. The molecule has 130 valence electrons. The van der Waals surface area contributed by atoms with Crippen LogP contribution in [0.2, 0.25) is 5.02 Å². The van der Waals surface area contributed by atoms with Crippen LogP contribution in [-0.2, 0) is 13.6 Å². The van der Waals surface area contributed by atoms with Gasteiger partial charge >= 0.3 is 7.60 Å². The van der Waals surface area contributed by atoms with Crippen molar-refractivity contribution in [3.63, 3.8) is 0 Å². The number of alkyl halides is 3. The molecule has 0 aliphatic carbocycles. The fourth-order valence-electron chi connectivity index (χ4n) is 1.73. The lowest BCUT2D eigenvalue weighted by molar-refractivity contribution is 0.0938. The van der Waals surface area contributed by atoms with Gasteiger partial charge in [-0.2, -0.15) is 0 Å². The predicted octanol–water partition coefficient (Wildman–Crippen LogP) is 5.03. The number of hydrogen-bond acceptors (Lipinski definition) is 4. The average molecular weight is 423 g/mol. The Kier molecular flexibility index (Phi) is 8.15. The van der Waals surface area contributed by atoms with Crippen LogP contribution in [0, 0.1) is 0 Å². The fourth-order valence-corrected chi connectivity index (χ4v) is 4.92. The molecule has 0 bridgehead atoms. The van der Waals surface area contributed by atoms with E-state index in [1.54, 1.807) is 26.0 Å². The Balaban J connectivity index is 3.16. The summed E-state index contributed by atoms with van der Waals surface area (Å²) in [5.74, 6) is -2.16. The first-order valence-corrected chi connectivity index (χ1v) is 9.79. The molecule has 0 fully saturated rings. The van der Waals surface area contributed by atoms with E-state index in [2.05, 4.69) is 5.32 Å². The molecule has 0 aliphatic heterocycles. The molecule has 0 spiro atoms. The minimum atomic E-state index is -3.91. The quantitative estimate of drug-likeness (QED) is 0.494. The van der Waals surface area contributed by atoms with Crippen molar-refractivity contribution in [2.24, 2.45) is 0 Å². The van der Waals surface area contributed by atoms with Crippen LogP contribution in [0.3, 0.4) is 0 Å². The molecule has 1 aromatic rings. The summed E-state index contributed by atoms with van der Waals surface area (Å²) in [4.78, 5) is 12.4. The molecule has 0 heterocycles. The number of amides is 1. The fraction of sp³-hybridized carbons (Fsp3) is 0.462. The molecule has 0 saturated carbocycles. The van der Waals surface area contributed by atoms with E-state index in [0.717, 1.165) is 0 Å². The summed E-state index contributed by atoms with van der Waals surface area (Å²) < 4.78 is 21.1. The molecule has 5 nitrogen and oxygen atoms in total. The van der Waals surface area contributed by atoms with Crippen molar-refractivity contribution in [3.8, 4) is 0 Å². The van der Waals surface area contributed by atoms with Gasteiger partial charge in [0.15, 0.2) is 5.78 Å². The maximum absolute atomic E-state index is 12.9. The normalized spacial score (nSPS) is 13.7. The molecule has 0 saturated heterocycles. The number of carbonyl (C=O) groups is 1. The van der Waals surface area contributed by atoms with Crippen molar-refractivity contribution in [2.45, 2.75) is 23.4 Å². The molecular weight excluding hydrogens is 407 g/mol. The molecule has 10 heteroatoms. The number of carbonyl (C=O) groups excluding carboxylic acids is 1. The Hall–Kier alpha value is -0.000000000000000111. The first kappa shape index (κ1) is 21.0. The predicted molar refractivity (Wildman–Crippen MR) is 93.9 cm³/mol. The van der Waals surface area contributed by atoms with E-state index in [1.165, 1.54) is 12.1 Å². The summed E-state index contributed by atoms with van der Waals surface area (Å²) in [6.45, 7) is 3.32. The highest BCUT2D eigenvalue weighted by atomic mass is 35.6. The summed E-state index contributed by atoms with van der Waals surface area (Å²) in [7, 11) is -3.91. The monoisotopic (exact) mass is 421 g/mol. The van der Waals surface area contributed by atoms with Crippen molar-refractivity contribution < 1.29 is 18.4 Å². The second kappa shape index (κ2) is 8.91. The van der Waals surface area contributed by atoms with E-state index < -0.39 is 23.1 Å². The van der Waals surface area contributed by atoms with Crippen molar-refractivity contribution >= 4 is 59.9 Å². The summed E-state index contributed by atoms with van der Waals surface area (Å²) in [6.07, 6.45) is 0. The Labute approximate surface area is 155 Å². The van der Waals surface area contributed by atoms with Gasteiger partial charge in [0.05, 0.1) is 23.8 Å². The smallest absolute Gasteiger partial charge is 0.334 e. The van der Waals surface area contributed by atoms with Crippen LogP contribution in [0.5, 0.6) is 0 Å². The number of hydrogen-bond donors (Lipinski definition) is 1. The van der Waals surface area contributed by atoms with Gasteiger partial charge in [-0.1, -0.05) is 58.5 Å². The zero-order valence-corrected chi connectivity index (χ0v) is 16.3. The molecule has 1 rings (SSSR count). The summed E-state index contributed by atoms with van der Waals surface area (Å²) in [5, 5.41) is 2.60. The van der Waals surface area contributed by atoms with E-state index in [9.17, 15) is 9.36 Å². The minimum Gasteiger partial charge on any atom is -0.334 e. The molecule has 0 aromatic heterocycles. The number of rotatable bonds is 7. The lowest BCUT2D eigenvalue weighted by Crippen LogP contribution is -2.44. The van der Waals surface area contributed by atoms with Gasteiger partial charge in [0.25, 0.3) is 5.91 Å². The van der Waals surface area contributed by atoms with E-state index in [4.69, 9.17) is 55.5 Å². The van der Waals surface area contributed by atoms with E-state index in [1.807, 2.05) is 0 Å². The SMILES string of the molecule is CCOP(=O)(OCC)[C@H](NC(=O)c1ccccc1Cl)C(Cl)(Cl)Cl. The zero-order valence-electron chi connectivity index (χ0n) is 12.4. The van der Waals surface area contributed by atoms with Gasteiger partial charge in [0, 0.05) is 0 Å². The highest BCUT2D eigenvalue weighted by Gasteiger charge is 2.49. The highest BCUT2D eigenvalue weighted by molar-refractivity contribution is 7.55. The first-order valence-electron chi connectivity index (χ1n) is 6.66. The van der Waals surface area contributed by atoms with Crippen LogP contribution >= 0.6 is 54.0 Å². The number of nitrogens with one attached hydrogen (secondary N) is 1. The van der Waals surface area contributed by atoms with Gasteiger partial charge < -0.3 is 14.4 Å². The third-order valence-electron chi connectivity index (χ3n) is 2.63. The van der Waals surface area contributed by atoms with Crippen LogP contribution in [0.25, 0.3) is 0 Å².